The first-order valence-electron chi connectivity index (χ1n) is 5.30. The summed E-state index contributed by atoms with van der Waals surface area (Å²) in [5, 5.41) is -0.208. The maximum atomic E-state index is 11.9. The topological polar surface area (TPSA) is 69.7 Å². The summed E-state index contributed by atoms with van der Waals surface area (Å²) < 4.78 is 32.5. The van der Waals surface area contributed by atoms with E-state index in [1.807, 2.05) is 0 Å². The molecule has 0 aliphatic carbocycles. The fraction of sp³-hybridized carbons (Fsp3) is 0.364. The van der Waals surface area contributed by atoms with Crippen LogP contribution in [0.5, 0.6) is 0 Å². The third-order valence-corrected chi connectivity index (χ3v) is 4.31. The zero-order valence-electron chi connectivity index (χ0n) is 10.5. The van der Waals surface area contributed by atoms with Gasteiger partial charge in [-0.15, -0.1) is 0 Å². The molecule has 1 unspecified atom stereocenters. The van der Waals surface area contributed by atoms with Crippen LogP contribution in [0.15, 0.2) is 17.0 Å². The van der Waals surface area contributed by atoms with Gasteiger partial charge in [0, 0.05) is 17.8 Å². The van der Waals surface area contributed by atoms with Crippen LogP contribution in [0.1, 0.15) is 17.3 Å². The van der Waals surface area contributed by atoms with Gasteiger partial charge in [-0.2, -0.15) is 0 Å². The minimum atomic E-state index is -4.10. The number of benzene rings is 1. The van der Waals surface area contributed by atoms with Gasteiger partial charge in [-0.3, -0.25) is 0 Å². The van der Waals surface area contributed by atoms with E-state index in [0.29, 0.717) is 0 Å². The average Bonchev–Trinajstić information content (AvgIpc) is 2.26. The van der Waals surface area contributed by atoms with E-state index in [-0.39, 0.29) is 22.2 Å². The Labute approximate surface area is 131 Å². The van der Waals surface area contributed by atoms with Crippen molar-refractivity contribution in [1.82, 2.24) is 0 Å². The van der Waals surface area contributed by atoms with Gasteiger partial charge in [-0.05, 0) is 19.1 Å². The maximum absolute atomic E-state index is 11.9. The van der Waals surface area contributed by atoms with E-state index < -0.39 is 26.0 Å². The number of carbonyl (C=O) groups excluding carboxylic acids is 1. The predicted molar refractivity (Wildman–Crippen MR) is 76.3 cm³/mol. The molecule has 1 atom stereocenters. The smallest absolute Gasteiger partial charge is 0.340 e. The van der Waals surface area contributed by atoms with Crippen molar-refractivity contribution in [3.63, 3.8) is 0 Å². The second kappa shape index (κ2) is 6.95. The normalized spacial score (nSPS) is 13.1. The number of ether oxygens (including phenoxy) is 2. The van der Waals surface area contributed by atoms with Crippen molar-refractivity contribution in [3.8, 4) is 0 Å². The number of hydrogen-bond donors (Lipinski definition) is 0. The zero-order valence-corrected chi connectivity index (χ0v) is 13.6. The monoisotopic (exact) mass is 360 g/mol. The van der Waals surface area contributed by atoms with Crippen LogP contribution in [0.4, 0.5) is 0 Å². The van der Waals surface area contributed by atoms with Crippen molar-refractivity contribution >= 4 is 48.9 Å². The molecule has 0 bridgehead atoms. The van der Waals surface area contributed by atoms with Crippen molar-refractivity contribution in [1.29, 1.82) is 0 Å². The Morgan fingerprint density at radius 3 is 2.40 bits per heavy atom. The van der Waals surface area contributed by atoms with Gasteiger partial charge in [0.15, 0.2) is 0 Å². The molecule has 0 saturated heterocycles. The average molecular weight is 362 g/mol. The van der Waals surface area contributed by atoms with Gasteiger partial charge in [-0.1, -0.05) is 23.2 Å². The molecule has 0 aromatic heterocycles. The van der Waals surface area contributed by atoms with Crippen LogP contribution >= 0.6 is 33.9 Å². The van der Waals surface area contributed by atoms with Gasteiger partial charge in [-0.25, -0.2) is 13.2 Å². The van der Waals surface area contributed by atoms with Crippen LogP contribution in [0.2, 0.25) is 10.0 Å². The molecule has 0 heterocycles. The molecular formula is C11H11Cl3O5S. The summed E-state index contributed by atoms with van der Waals surface area (Å²) in [4.78, 5) is 11.5. The molecule has 5 nitrogen and oxygen atoms in total. The first kappa shape index (κ1) is 17.5. The van der Waals surface area contributed by atoms with E-state index in [0.717, 1.165) is 12.1 Å². The minimum Gasteiger partial charge on any atom is -0.457 e. The quantitative estimate of drug-likeness (QED) is 0.595. The van der Waals surface area contributed by atoms with Gasteiger partial charge in [0.2, 0.25) is 0 Å². The highest BCUT2D eigenvalue weighted by atomic mass is 35.7. The first-order valence-corrected chi connectivity index (χ1v) is 8.37. The van der Waals surface area contributed by atoms with Crippen molar-refractivity contribution < 1.29 is 22.7 Å². The van der Waals surface area contributed by atoms with E-state index in [1.165, 1.54) is 7.11 Å². The largest absolute Gasteiger partial charge is 0.457 e. The Morgan fingerprint density at radius 2 is 1.90 bits per heavy atom. The molecule has 0 spiro atoms. The number of hydrogen-bond acceptors (Lipinski definition) is 5. The molecule has 1 aromatic carbocycles. The molecule has 0 saturated carbocycles. The summed E-state index contributed by atoms with van der Waals surface area (Å²) in [6.07, 6.45) is -0.518. The lowest BCUT2D eigenvalue weighted by atomic mass is 10.2. The zero-order chi connectivity index (χ0) is 15.5. The molecule has 0 radical (unpaired) electrons. The summed E-state index contributed by atoms with van der Waals surface area (Å²) in [7, 11) is 2.58. The molecule has 1 rings (SSSR count). The van der Waals surface area contributed by atoms with E-state index in [9.17, 15) is 13.2 Å². The summed E-state index contributed by atoms with van der Waals surface area (Å²) in [5.41, 5.74) is -0.141. The molecule has 0 aliphatic rings. The Balaban J connectivity index is 3.16. The van der Waals surface area contributed by atoms with E-state index in [1.54, 1.807) is 6.92 Å². The number of halogens is 3. The molecule has 0 N–H and O–H groups in total. The summed E-state index contributed by atoms with van der Waals surface area (Å²) in [5.74, 6) is -0.794. The third kappa shape index (κ3) is 4.49. The van der Waals surface area contributed by atoms with Crippen LogP contribution in [-0.4, -0.2) is 34.2 Å². The molecule has 0 fully saturated rings. The summed E-state index contributed by atoms with van der Waals surface area (Å²) in [6, 6.07) is 2.10. The SMILES string of the molecule is COCC(C)OC(=O)c1cc(S(=O)(=O)Cl)c(Cl)cc1Cl. The molecule has 20 heavy (non-hydrogen) atoms. The van der Waals surface area contributed by atoms with E-state index >= 15 is 0 Å². The molecular weight excluding hydrogens is 351 g/mol. The van der Waals surface area contributed by atoms with Gasteiger partial charge in [0.25, 0.3) is 9.05 Å². The van der Waals surface area contributed by atoms with Crippen molar-refractivity contribution in [2.45, 2.75) is 17.9 Å². The fourth-order valence-electron chi connectivity index (χ4n) is 1.39. The Kier molecular flexibility index (Phi) is 6.09. The summed E-state index contributed by atoms with van der Waals surface area (Å²) in [6.45, 7) is 1.81. The third-order valence-electron chi connectivity index (χ3n) is 2.21. The number of rotatable bonds is 5. The highest BCUT2D eigenvalue weighted by Gasteiger charge is 2.22. The lowest BCUT2D eigenvalue weighted by molar-refractivity contribution is 0.0120. The highest BCUT2D eigenvalue weighted by molar-refractivity contribution is 8.13. The van der Waals surface area contributed by atoms with Crippen LogP contribution in [0.3, 0.4) is 0 Å². The minimum absolute atomic E-state index is 0.0336. The number of methoxy groups -OCH3 is 1. The Hall–Kier alpha value is -0.530. The maximum Gasteiger partial charge on any atom is 0.340 e. The van der Waals surface area contributed by atoms with Crippen LogP contribution in [-0.2, 0) is 18.5 Å². The first-order chi connectivity index (χ1) is 9.16. The van der Waals surface area contributed by atoms with Crippen molar-refractivity contribution in [2.24, 2.45) is 0 Å². The van der Waals surface area contributed by atoms with Gasteiger partial charge < -0.3 is 9.47 Å². The van der Waals surface area contributed by atoms with Gasteiger partial charge in [0.05, 0.1) is 22.2 Å². The van der Waals surface area contributed by atoms with Crippen molar-refractivity contribution in [2.75, 3.05) is 13.7 Å². The Morgan fingerprint density at radius 1 is 1.30 bits per heavy atom. The standard InChI is InChI=1S/C11H11Cl3O5S/c1-6(5-18-2)19-11(15)7-3-10(20(14,16)17)9(13)4-8(7)12/h3-4,6H,5H2,1-2H3. The predicted octanol–water partition coefficient (Wildman–Crippen LogP) is 3.11. The van der Waals surface area contributed by atoms with E-state index in [2.05, 4.69) is 0 Å². The van der Waals surface area contributed by atoms with E-state index in [4.69, 9.17) is 43.4 Å². The molecule has 0 aliphatic heterocycles. The molecule has 112 valence electrons. The number of carbonyl (C=O) groups is 1. The molecule has 0 amide bonds. The van der Waals surface area contributed by atoms with Gasteiger partial charge >= 0.3 is 5.97 Å². The lowest BCUT2D eigenvalue weighted by Gasteiger charge is -2.13. The fourth-order valence-corrected chi connectivity index (χ4v) is 3.20. The number of esters is 1. The molecule has 9 heteroatoms. The second-order valence-electron chi connectivity index (χ2n) is 3.87. The highest BCUT2D eigenvalue weighted by Crippen LogP contribution is 2.31. The second-order valence-corrected chi connectivity index (χ2v) is 7.22. The summed E-state index contributed by atoms with van der Waals surface area (Å²) >= 11 is 11.6. The van der Waals surface area contributed by atoms with Crippen molar-refractivity contribution in [3.05, 3.63) is 27.7 Å². The van der Waals surface area contributed by atoms with Crippen LogP contribution in [0.25, 0.3) is 0 Å². The Bertz CT molecular complexity index is 615. The molecule has 1 aromatic rings. The van der Waals surface area contributed by atoms with Crippen LogP contribution in [0, 0.1) is 0 Å². The van der Waals surface area contributed by atoms with Gasteiger partial charge in [0.1, 0.15) is 11.0 Å². The lowest BCUT2D eigenvalue weighted by Crippen LogP contribution is -2.20. The van der Waals surface area contributed by atoms with Crippen LogP contribution < -0.4 is 0 Å².